The molecule has 2 N–H and O–H groups in total. The Hall–Kier alpha value is -2.18. The van der Waals surface area contributed by atoms with Crippen molar-refractivity contribution in [2.45, 2.75) is 13.8 Å². The van der Waals surface area contributed by atoms with Gasteiger partial charge in [0.25, 0.3) is 0 Å². The second kappa shape index (κ2) is 7.72. The van der Waals surface area contributed by atoms with Crippen LogP contribution >= 0.6 is 0 Å². The first-order chi connectivity index (χ1) is 10.6. The molecule has 2 aromatic rings. The summed E-state index contributed by atoms with van der Waals surface area (Å²) in [6, 6.07) is 9.64. The topological polar surface area (TPSA) is 68.2 Å². The van der Waals surface area contributed by atoms with Crippen LogP contribution in [0.1, 0.15) is 11.4 Å². The molecular weight excluding hydrogens is 280 g/mol. The minimum absolute atomic E-state index is 0.0925. The van der Waals surface area contributed by atoms with Gasteiger partial charge in [-0.1, -0.05) is 12.1 Å². The number of carbonyl (C=O) groups excluding carboxylic acids is 1. The molecule has 118 valence electrons. The van der Waals surface area contributed by atoms with E-state index in [0.29, 0.717) is 13.2 Å². The molecule has 0 atom stereocenters. The lowest BCUT2D eigenvalue weighted by molar-refractivity contribution is -0.115. The summed E-state index contributed by atoms with van der Waals surface area (Å²) in [7, 11) is 1.63. The van der Waals surface area contributed by atoms with Crippen molar-refractivity contribution < 1.29 is 9.53 Å². The molecule has 1 aromatic carbocycles. The van der Waals surface area contributed by atoms with Gasteiger partial charge in [-0.25, -0.2) is 4.68 Å². The Morgan fingerprint density at radius 1 is 1.32 bits per heavy atom. The average Bonchev–Trinajstić information content (AvgIpc) is 2.83. The highest BCUT2D eigenvalue weighted by Gasteiger charge is 2.10. The van der Waals surface area contributed by atoms with Crippen LogP contribution in [0.15, 0.2) is 30.3 Å². The molecule has 22 heavy (non-hydrogen) atoms. The molecule has 0 saturated heterocycles. The van der Waals surface area contributed by atoms with E-state index < -0.39 is 0 Å². The number of rotatable bonds is 7. The molecule has 0 unspecified atom stereocenters. The third-order valence-electron chi connectivity index (χ3n) is 3.18. The monoisotopic (exact) mass is 302 g/mol. The van der Waals surface area contributed by atoms with Crippen molar-refractivity contribution in [3.05, 3.63) is 41.7 Å². The number of ether oxygens (including phenoxy) is 1. The van der Waals surface area contributed by atoms with Crippen molar-refractivity contribution in [2.75, 3.05) is 32.1 Å². The molecule has 0 fully saturated rings. The third-order valence-corrected chi connectivity index (χ3v) is 3.18. The molecule has 6 nitrogen and oxygen atoms in total. The summed E-state index contributed by atoms with van der Waals surface area (Å²) in [5.74, 6) is -0.0925. The molecule has 0 aliphatic heterocycles. The number of para-hydroxylation sites is 2. The zero-order valence-corrected chi connectivity index (χ0v) is 13.2. The van der Waals surface area contributed by atoms with Crippen LogP contribution in [0.3, 0.4) is 0 Å². The number of nitrogens with zero attached hydrogens (tertiary/aromatic N) is 2. The summed E-state index contributed by atoms with van der Waals surface area (Å²) in [5, 5.41) is 10.4. The van der Waals surface area contributed by atoms with E-state index in [4.69, 9.17) is 4.74 Å². The van der Waals surface area contributed by atoms with Crippen molar-refractivity contribution in [2.24, 2.45) is 0 Å². The molecule has 0 spiro atoms. The Balaban J connectivity index is 2.09. The van der Waals surface area contributed by atoms with Crippen LogP contribution in [0.5, 0.6) is 0 Å². The van der Waals surface area contributed by atoms with Gasteiger partial charge >= 0.3 is 0 Å². The number of benzene rings is 1. The fraction of sp³-hybridized carbons (Fsp3) is 0.375. The van der Waals surface area contributed by atoms with Crippen molar-refractivity contribution >= 4 is 11.6 Å². The zero-order chi connectivity index (χ0) is 15.9. The first kappa shape index (κ1) is 16.2. The zero-order valence-electron chi connectivity index (χ0n) is 13.2. The third kappa shape index (κ3) is 4.16. The number of hydrogen-bond acceptors (Lipinski definition) is 4. The van der Waals surface area contributed by atoms with Gasteiger partial charge in [-0.3, -0.25) is 4.79 Å². The Bertz CT molecular complexity index is 637. The van der Waals surface area contributed by atoms with Gasteiger partial charge in [0, 0.05) is 19.3 Å². The highest BCUT2D eigenvalue weighted by Crippen LogP contribution is 2.21. The van der Waals surface area contributed by atoms with E-state index in [2.05, 4.69) is 15.7 Å². The summed E-state index contributed by atoms with van der Waals surface area (Å²) < 4.78 is 6.77. The Kier molecular flexibility index (Phi) is 5.68. The smallest absolute Gasteiger partial charge is 0.238 e. The SMILES string of the molecule is COCCNCC(=O)Nc1ccccc1-n1nc(C)cc1C. The number of methoxy groups -OCH3 is 1. The molecule has 1 heterocycles. The van der Waals surface area contributed by atoms with Crippen LogP contribution in [0.2, 0.25) is 0 Å². The molecule has 1 aromatic heterocycles. The molecule has 6 heteroatoms. The van der Waals surface area contributed by atoms with E-state index in [1.807, 2.05) is 48.9 Å². The van der Waals surface area contributed by atoms with E-state index in [-0.39, 0.29) is 12.5 Å². The Morgan fingerprint density at radius 2 is 2.09 bits per heavy atom. The second-order valence-corrected chi connectivity index (χ2v) is 5.07. The maximum Gasteiger partial charge on any atom is 0.238 e. The number of hydrogen-bond donors (Lipinski definition) is 2. The van der Waals surface area contributed by atoms with Gasteiger partial charge in [0.2, 0.25) is 5.91 Å². The summed E-state index contributed by atoms with van der Waals surface area (Å²) in [4.78, 5) is 12.0. The van der Waals surface area contributed by atoms with Crippen LogP contribution in [0.25, 0.3) is 5.69 Å². The normalized spacial score (nSPS) is 10.7. The van der Waals surface area contributed by atoms with Gasteiger partial charge in [-0.2, -0.15) is 5.10 Å². The van der Waals surface area contributed by atoms with Gasteiger partial charge < -0.3 is 15.4 Å². The predicted molar refractivity (Wildman–Crippen MR) is 86.4 cm³/mol. The quantitative estimate of drug-likeness (QED) is 0.763. The lowest BCUT2D eigenvalue weighted by Crippen LogP contribution is -2.30. The Labute approximate surface area is 130 Å². The minimum atomic E-state index is -0.0925. The summed E-state index contributed by atoms with van der Waals surface area (Å²) in [6.07, 6.45) is 0. The number of carbonyl (C=O) groups is 1. The van der Waals surface area contributed by atoms with Crippen LogP contribution in [-0.4, -0.2) is 42.5 Å². The summed E-state index contributed by atoms with van der Waals surface area (Å²) in [6.45, 7) is 5.41. The highest BCUT2D eigenvalue weighted by molar-refractivity contribution is 5.94. The number of aryl methyl sites for hydroxylation is 2. The maximum absolute atomic E-state index is 12.0. The fourth-order valence-corrected chi connectivity index (χ4v) is 2.21. The van der Waals surface area contributed by atoms with Crippen molar-refractivity contribution in [1.82, 2.24) is 15.1 Å². The van der Waals surface area contributed by atoms with Crippen LogP contribution in [0.4, 0.5) is 5.69 Å². The second-order valence-electron chi connectivity index (χ2n) is 5.07. The maximum atomic E-state index is 12.0. The minimum Gasteiger partial charge on any atom is -0.383 e. The molecule has 2 rings (SSSR count). The number of aromatic nitrogens is 2. The van der Waals surface area contributed by atoms with Crippen LogP contribution in [0, 0.1) is 13.8 Å². The molecular formula is C16H22N4O2. The van der Waals surface area contributed by atoms with Crippen LogP contribution in [-0.2, 0) is 9.53 Å². The van der Waals surface area contributed by atoms with Crippen molar-refractivity contribution in [3.63, 3.8) is 0 Å². The molecule has 0 radical (unpaired) electrons. The van der Waals surface area contributed by atoms with Gasteiger partial charge in [0.1, 0.15) is 0 Å². The lowest BCUT2D eigenvalue weighted by atomic mass is 10.2. The molecule has 0 bridgehead atoms. The van der Waals surface area contributed by atoms with Crippen molar-refractivity contribution in [1.29, 1.82) is 0 Å². The first-order valence-electron chi connectivity index (χ1n) is 7.24. The van der Waals surface area contributed by atoms with Gasteiger partial charge in [0.15, 0.2) is 0 Å². The number of anilines is 1. The Morgan fingerprint density at radius 3 is 2.77 bits per heavy atom. The van der Waals surface area contributed by atoms with Crippen molar-refractivity contribution in [3.8, 4) is 5.69 Å². The number of amides is 1. The lowest BCUT2D eigenvalue weighted by Gasteiger charge is -2.12. The number of nitrogens with one attached hydrogen (secondary N) is 2. The van der Waals surface area contributed by atoms with E-state index >= 15 is 0 Å². The van der Waals surface area contributed by atoms with Crippen LogP contribution < -0.4 is 10.6 Å². The molecule has 1 amide bonds. The van der Waals surface area contributed by atoms with Gasteiger partial charge in [-0.15, -0.1) is 0 Å². The standard InChI is InChI=1S/C16H22N4O2/c1-12-10-13(2)20(19-12)15-7-5-4-6-14(15)18-16(21)11-17-8-9-22-3/h4-7,10,17H,8-9,11H2,1-3H3,(H,18,21). The summed E-state index contributed by atoms with van der Waals surface area (Å²) in [5.41, 5.74) is 3.57. The first-order valence-corrected chi connectivity index (χ1v) is 7.24. The van der Waals surface area contributed by atoms with E-state index in [1.165, 1.54) is 0 Å². The van der Waals surface area contributed by atoms with Gasteiger partial charge in [0.05, 0.1) is 30.2 Å². The van der Waals surface area contributed by atoms with E-state index in [0.717, 1.165) is 22.8 Å². The largest absolute Gasteiger partial charge is 0.383 e. The van der Waals surface area contributed by atoms with E-state index in [1.54, 1.807) is 7.11 Å². The molecule has 0 aliphatic carbocycles. The summed E-state index contributed by atoms with van der Waals surface area (Å²) >= 11 is 0. The molecule has 0 saturated carbocycles. The average molecular weight is 302 g/mol. The molecule has 0 aliphatic rings. The predicted octanol–water partition coefficient (Wildman–Crippen LogP) is 1.66. The fourth-order valence-electron chi connectivity index (χ4n) is 2.21. The highest BCUT2D eigenvalue weighted by atomic mass is 16.5. The van der Waals surface area contributed by atoms with E-state index in [9.17, 15) is 4.79 Å². The van der Waals surface area contributed by atoms with Gasteiger partial charge in [-0.05, 0) is 32.0 Å².